The molecule has 7 heteroatoms. The van der Waals surface area contributed by atoms with Crippen LogP contribution >= 0.6 is 22.7 Å². The molecular formula is C16H14N2O3S2. The van der Waals surface area contributed by atoms with Gasteiger partial charge in [0.1, 0.15) is 22.2 Å². The van der Waals surface area contributed by atoms with Gasteiger partial charge in [0.2, 0.25) is 0 Å². The monoisotopic (exact) mass is 346 g/mol. The zero-order valence-corrected chi connectivity index (χ0v) is 14.2. The summed E-state index contributed by atoms with van der Waals surface area (Å²) in [7, 11) is 3.12. The number of ether oxygens (including phenoxy) is 2. The van der Waals surface area contributed by atoms with Crippen LogP contribution < -0.4 is 14.8 Å². The second-order valence-electron chi connectivity index (χ2n) is 4.57. The Morgan fingerprint density at radius 2 is 2.04 bits per heavy atom. The molecule has 1 N–H and O–H groups in total. The predicted molar refractivity (Wildman–Crippen MR) is 92.9 cm³/mol. The van der Waals surface area contributed by atoms with Crippen LogP contribution in [0.15, 0.2) is 40.4 Å². The lowest BCUT2D eigenvalue weighted by Crippen LogP contribution is -2.13. The van der Waals surface area contributed by atoms with Crippen LogP contribution in [-0.4, -0.2) is 25.1 Å². The van der Waals surface area contributed by atoms with Crippen molar-refractivity contribution in [2.45, 2.75) is 0 Å². The molecule has 0 unspecified atom stereocenters. The second-order valence-corrected chi connectivity index (χ2v) is 6.21. The first-order chi connectivity index (χ1) is 11.2. The Morgan fingerprint density at radius 3 is 2.74 bits per heavy atom. The minimum absolute atomic E-state index is 0.283. The average Bonchev–Trinajstić information content (AvgIpc) is 3.25. The fraction of sp³-hybridized carbons (Fsp3) is 0.125. The van der Waals surface area contributed by atoms with Crippen molar-refractivity contribution in [3.63, 3.8) is 0 Å². The lowest BCUT2D eigenvalue weighted by atomic mass is 10.2. The molecule has 0 bridgehead atoms. The van der Waals surface area contributed by atoms with Gasteiger partial charge in [-0.25, -0.2) is 4.98 Å². The van der Waals surface area contributed by atoms with Crippen molar-refractivity contribution < 1.29 is 14.3 Å². The van der Waals surface area contributed by atoms with Gasteiger partial charge in [-0.05, 0) is 23.6 Å². The molecule has 23 heavy (non-hydrogen) atoms. The minimum atomic E-state index is -0.283. The maximum absolute atomic E-state index is 12.4. The van der Waals surface area contributed by atoms with Crippen LogP contribution in [0.3, 0.4) is 0 Å². The van der Waals surface area contributed by atoms with E-state index in [2.05, 4.69) is 10.3 Å². The Labute approximate surface area is 141 Å². The fourth-order valence-electron chi connectivity index (χ4n) is 1.99. The van der Waals surface area contributed by atoms with Gasteiger partial charge in [-0.15, -0.1) is 11.3 Å². The third-order valence-corrected chi connectivity index (χ3v) is 4.73. The summed E-state index contributed by atoms with van der Waals surface area (Å²) in [4.78, 5) is 16.8. The maximum Gasteiger partial charge on any atom is 0.275 e. The van der Waals surface area contributed by atoms with Gasteiger partial charge >= 0.3 is 0 Å². The zero-order chi connectivity index (χ0) is 16.2. The summed E-state index contributed by atoms with van der Waals surface area (Å²) >= 11 is 3.04. The number of carbonyl (C=O) groups is 1. The smallest absolute Gasteiger partial charge is 0.275 e. The van der Waals surface area contributed by atoms with Gasteiger partial charge in [0.05, 0.1) is 19.9 Å². The Kier molecular flexibility index (Phi) is 4.59. The highest BCUT2D eigenvalue weighted by Gasteiger charge is 2.15. The van der Waals surface area contributed by atoms with Crippen molar-refractivity contribution in [1.82, 2.24) is 4.98 Å². The molecule has 1 aromatic carbocycles. The van der Waals surface area contributed by atoms with Crippen LogP contribution in [0.1, 0.15) is 10.5 Å². The average molecular weight is 346 g/mol. The van der Waals surface area contributed by atoms with E-state index in [9.17, 15) is 4.79 Å². The van der Waals surface area contributed by atoms with E-state index < -0.39 is 0 Å². The van der Waals surface area contributed by atoms with Gasteiger partial charge in [0.25, 0.3) is 5.91 Å². The van der Waals surface area contributed by atoms with Crippen molar-refractivity contribution >= 4 is 34.3 Å². The number of thiophene rings is 1. The second kappa shape index (κ2) is 6.80. The summed E-state index contributed by atoms with van der Waals surface area (Å²) in [5, 5.41) is 9.38. The number of hydrogen-bond acceptors (Lipinski definition) is 6. The molecule has 0 saturated carbocycles. The van der Waals surface area contributed by atoms with E-state index in [1.54, 1.807) is 49.1 Å². The summed E-state index contributed by atoms with van der Waals surface area (Å²) in [6, 6.07) is 7.21. The number of nitrogens with one attached hydrogen (secondary N) is 1. The minimum Gasteiger partial charge on any atom is -0.497 e. The summed E-state index contributed by atoms with van der Waals surface area (Å²) in [6.45, 7) is 0. The van der Waals surface area contributed by atoms with Crippen LogP contribution in [0.25, 0.3) is 10.6 Å². The van der Waals surface area contributed by atoms with E-state index in [-0.39, 0.29) is 5.91 Å². The van der Waals surface area contributed by atoms with Gasteiger partial charge in [-0.1, -0.05) is 0 Å². The summed E-state index contributed by atoms with van der Waals surface area (Å²) < 4.78 is 10.4. The van der Waals surface area contributed by atoms with Crippen molar-refractivity contribution in [2.24, 2.45) is 0 Å². The standard InChI is InChI=1S/C16H14N2O3S2/c1-20-11-3-4-14(21-2)12(7-11)17-15(19)13-9-23-16(18-13)10-5-6-22-8-10/h3-9H,1-2H3,(H,17,19). The van der Waals surface area contributed by atoms with E-state index in [4.69, 9.17) is 9.47 Å². The summed E-state index contributed by atoms with van der Waals surface area (Å²) in [5.41, 5.74) is 1.95. The number of aromatic nitrogens is 1. The van der Waals surface area contributed by atoms with Gasteiger partial charge in [0.15, 0.2) is 0 Å². The van der Waals surface area contributed by atoms with Crippen LogP contribution in [0, 0.1) is 0 Å². The van der Waals surface area contributed by atoms with E-state index in [1.807, 2.05) is 16.8 Å². The molecule has 0 aliphatic carbocycles. The molecule has 0 saturated heterocycles. The lowest BCUT2D eigenvalue weighted by molar-refractivity contribution is 0.102. The highest BCUT2D eigenvalue weighted by Crippen LogP contribution is 2.30. The molecule has 0 fully saturated rings. The normalized spacial score (nSPS) is 10.3. The SMILES string of the molecule is COc1ccc(OC)c(NC(=O)c2csc(-c3ccsc3)n2)c1. The Hall–Kier alpha value is -2.38. The van der Waals surface area contributed by atoms with Gasteiger partial charge in [0, 0.05) is 22.4 Å². The van der Waals surface area contributed by atoms with Gasteiger partial charge in [-0.3, -0.25) is 4.79 Å². The highest BCUT2D eigenvalue weighted by molar-refractivity contribution is 7.14. The molecule has 2 aromatic heterocycles. The molecule has 3 rings (SSSR count). The van der Waals surface area contributed by atoms with Crippen molar-refractivity contribution in [1.29, 1.82) is 0 Å². The van der Waals surface area contributed by atoms with Crippen LogP contribution in [0.5, 0.6) is 11.5 Å². The molecule has 1 amide bonds. The number of benzene rings is 1. The van der Waals surface area contributed by atoms with E-state index >= 15 is 0 Å². The van der Waals surface area contributed by atoms with Gasteiger partial charge < -0.3 is 14.8 Å². The van der Waals surface area contributed by atoms with Crippen molar-refractivity contribution in [3.05, 3.63) is 46.1 Å². The summed E-state index contributed by atoms with van der Waals surface area (Å²) in [6.07, 6.45) is 0. The Balaban J connectivity index is 1.82. The number of amides is 1. The zero-order valence-electron chi connectivity index (χ0n) is 12.5. The molecule has 118 valence electrons. The number of thiazole rings is 1. The number of hydrogen-bond donors (Lipinski definition) is 1. The molecular weight excluding hydrogens is 332 g/mol. The molecule has 0 radical (unpaired) electrons. The molecule has 0 atom stereocenters. The quantitative estimate of drug-likeness (QED) is 0.754. The maximum atomic E-state index is 12.4. The first-order valence-corrected chi connectivity index (χ1v) is 8.55. The first-order valence-electron chi connectivity index (χ1n) is 6.72. The lowest BCUT2D eigenvalue weighted by Gasteiger charge is -2.10. The highest BCUT2D eigenvalue weighted by atomic mass is 32.1. The molecule has 5 nitrogen and oxygen atoms in total. The predicted octanol–water partition coefficient (Wildman–Crippen LogP) is 4.14. The van der Waals surface area contributed by atoms with E-state index in [0.29, 0.717) is 22.9 Å². The largest absolute Gasteiger partial charge is 0.497 e. The topological polar surface area (TPSA) is 60.5 Å². The van der Waals surface area contributed by atoms with Crippen molar-refractivity contribution in [2.75, 3.05) is 19.5 Å². The number of anilines is 1. The molecule has 3 aromatic rings. The van der Waals surface area contributed by atoms with Crippen molar-refractivity contribution in [3.8, 4) is 22.1 Å². The van der Waals surface area contributed by atoms with Crippen LogP contribution in [0.2, 0.25) is 0 Å². The first kappa shape index (κ1) is 15.5. The fourth-order valence-corrected chi connectivity index (χ4v) is 3.51. The summed E-state index contributed by atoms with van der Waals surface area (Å²) in [5.74, 6) is 0.917. The van der Waals surface area contributed by atoms with Crippen LogP contribution in [-0.2, 0) is 0 Å². The number of rotatable bonds is 5. The van der Waals surface area contributed by atoms with E-state index in [1.165, 1.54) is 11.3 Å². The van der Waals surface area contributed by atoms with E-state index in [0.717, 1.165) is 10.6 Å². The Bertz CT molecular complexity index is 813. The third kappa shape index (κ3) is 3.35. The number of methoxy groups -OCH3 is 2. The molecule has 0 spiro atoms. The Morgan fingerprint density at radius 1 is 1.17 bits per heavy atom. The molecule has 0 aliphatic heterocycles. The van der Waals surface area contributed by atoms with Gasteiger partial charge in [-0.2, -0.15) is 11.3 Å². The van der Waals surface area contributed by atoms with Crippen LogP contribution in [0.4, 0.5) is 5.69 Å². The third-order valence-electron chi connectivity index (χ3n) is 3.16. The molecule has 0 aliphatic rings. The molecule has 2 heterocycles. The number of nitrogens with zero attached hydrogens (tertiary/aromatic N) is 1. The number of carbonyl (C=O) groups excluding carboxylic acids is 1.